The number of carbonyl (C=O) groups is 1. The molecule has 2 heterocycles. The number of imidazole rings is 1. The van der Waals surface area contributed by atoms with E-state index in [1.165, 1.54) is 17.1 Å². The van der Waals surface area contributed by atoms with Crippen molar-refractivity contribution in [2.24, 2.45) is 7.05 Å². The summed E-state index contributed by atoms with van der Waals surface area (Å²) >= 11 is 0. The molecule has 2 rings (SSSR count). The molecule has 0 saturated heterocycles. The second-order valence-corrected chi connectivity index (χ2v) is 5.08. The molecule has 0 aromatic carbocycles. The number of rotatable bonds is 4. The van der Waals surface area contributed by atoms with Gasteiger partial charge in [-0.2, -0.15) is 13.5 Å². The van der Waals surface area contributed by atoms with Crippen LogP contribution in [0.3, 0.4) is 0 Å². The lowest BCUT2D eigenvalue weighted by molar-refractivity contribution is 0.0690. The van der Waals surface area contributed by atoms with Crippen molar-refractivity contribution in [2.45, 2.75) is 5.03 Å². The molecule has 18 heavy (non-hydrogen) atoms. The molecule has 0 unspecified atom stereocenters. The molecule has 0 aliphatic heterocycles. The summed E-state index contributed by atoms with van der Waals surface area (Å²) in [5.74, 6) is -1.34. The molecular weight excluding hydrogens is 262 g/mol. The predicted molar refractivity (Wildman–Crippen MR) is 59.6 cm³/mol. The standard InChI is InChI=1S/C8H9N5O4S/c1-13-3-7(9-4-13)18(16,17)12-6-2-5(8(14)15)10-11-6/h2-4H,1H3,(H,14,15)(H2,10,11,12). The van der Waals surface area contributed by atoms with Gasteiger partial charge in [-0.05, 0) is 0 Å². The zero-order valence-corrected chi connectivity index (χ0v) is 9.97. The van der Waals surface area contributed by atoms with Gasteiger partial charge in [-0.15, -0.1) is 0 Å². The molecule has 0 aliphatic carbocycles. The van der Waals surface area contributed by atoms with Gasteiger partial charge < -0.3 is 9.67 Å². The van der Waals surface area contributed by atoms with Crippen LogP contribution < -0.4 is 4.72 Å². The van der Waals surface area contributed by atoms with Gasteiger partial charge in [0.25, 0.3) is 10.0 Å². The second kappa shape index (κ2) is 4.14. The summed E-state index contributed by atoms with van der Waals surface area (Å²) < 4.78 is 27.2. The number of anilines is 1. The Morgan fingerprint density at radius 3 is 2.78 bits per heavy atom. The molecule has 10 heteroatoms. The van der Waals surface area contributed by atoms with E-state index in [1.807, 2.05) is 0 Å². The fraction of sp³-hybridized carbons (Fsp3) is 0.125. The molecule has 0 spiro atoms. The van der Waals surface area contributed by atoms with Gasteiger partial charge in [-0.25, -0.2) is 9.78 Å². The lowest BCUT2D eigenvalue weighted by Gasteiger charge is -2.00. The van der Waals surface area contributed by atoms with Crippen molar-refractivity contribution in [3.8, 4) is 0 Å². The van der Waals surface area contributed by atoms with Gasteiger partial charge in [0.2, 0.25) is 0 Å². The first-order valence-corrected chi connectivity index (χ1v) is 6.16. The number of aromatic amines is 1. The van der Waals surface area contributed by atoms with Gasteiger partial charge in [0.1, 0.15) is 5.69 Å². The van der Waals surface area contributed by atoms with Crippen molar-refractivity contribution in [3.63, 3.8) is 0 Å². The number of carboxylic acids is 1. The van der Waals surface area contributed by atoms with Gasteiger partial charge >= 0.3 is 5.97 Å². The Labute approximate surface area is 102 Å². The average molecular weight is 271 g/mol. The minimum atomic E-state index is -3.86. The van der Waals surface area contributed by atoms with Gasteiger partial charge in [0.15, 0.2) is 10.8 Å². The predicted octanol–water partition coefficient (Wildman–Crippen LogP) is -0.358. The molecule has 0 fully saturated rings. The summed E-state index contributed by atoms with van der Waals surface area (Å²) in [6.07, 6.45) is 2.65. The third kappa shape index (κ3) is 2.32. The lowest BCUT2D eigenvalue weighted by atomic mass is 10.4. The number of H-pyrrole nitrogens is 1. The number of hydrogen-bond donors (Lipinski definition) is 3. The van der Waals surface area contributed by atoms with Crippen LogP contribution in [-0.4, -0.2) is 39.2 Å². The number of sulfonamides is 1. The molecule has 2 aromatic heterocycles. The average Bonchev–Trinajstić information content (AvgIpc) is 2.86. The van der Waals surface area contributed by atoms with E-state index in [0.29, 0.717) is 0 Å². The highest BCUT2D eigenvalue weighted by Gasteiger charge is 2.19. The van der Waals surface area contributed by atoms with Crippen molar-refractivity contribution in [2.75, 3.05) is 4.72 Å². The Balaban J connectivity index is 2.25. The molecule has 0 atom stereocenters. The highest BCUT2D eigenvalue weighted by atomic mass is 32.2. The molecule has 9 nitrogen and oxygen atoms in total. The summed E-state index contributed by atoms with van der Waals surface area (Å²) in [5, 5.41) is 14.2. The van der Waals surface area contributed by atoms with Crippen molar-refractivity contribution in [3.05, 3.63) is 24.3 Å². The van der Waals surface area contributed by atoms with Crippen LogP contribution >= 0.6 is 0 Å². The zero-order valence-electron chi connectivity index (χ0n) is 9.15. The van der Waals surface area contributed by atoms with Crippen LogP contribution in [0.1, 0.15) is 10.5 Å². The van der Waals surface area contributed by atoms with Crippen molar-refractivity contribution >= 4 is 21.8 Å². The van der Waals surface area contributed by atoms with Gasteiger partial charge in [-0.1, -0.05) is 0 Å². The molecule has 0 amide bonds. The van der Waals surface area contributed by atoms with Crippen LogP contribution in [0.15, 0.2) is 23.6 Å². The van der Waals surface area contributed by atoms with E-state index in [2.05, 4.69) is 19.9 Å². The molecule has 0 radical (unpaired) electrons. The molecule has 96 valence electrons. The Morgan fingerprint density at radius 1 is 1.56 bits per heavy atom. The molecule has 0 saturated carbocycles. The zero-order chi connectivity index (χ0) is 13.3. The normalized spacial score (nSPS) is 11.4. The molecule has 2 aromatic rings. The number of aromatic nitrogens is 4. The summed E-state index contributed by atoms with van der Waals surface area (Å²) in [4.78, 5) is 14.3. The van der Waals surface area contributed by atoms with Gasteiger partial charge in [0.05, 0.1) is 6.33 Å². The molecular formula is C8H9N5O4S. The first-order chi connectivity index (χ1) is 8.38. The maximum atomic E-state index is 11.8. The number of hydrogen-bond acceptors (Lipinski definition) is 5. The van der Waals surface area contributed by atoms with Crippen LogP contribution in [0, 0.1) is 0 Å². The minimum Gasteiger partial charge on any atom is -0.477 e. The number of carboxylic acid groups (broad SMARTS) is 1. The van der Waals surface area contributed by atoms with Crippen molar-refractivity contribution in [1.29, 1.82) is 0 Å². The summed E-state index contributed by atoms with van der Waals surface area (Å²) in [5.41, 5.74) is -0.214. The quantitative estimate of drug-likeness (QED) is 0.696. The number of aromatic carboxylic acids is 1. The Hall–Kier alpha value is -2.36. The third-order valence-electron chi connectivity index (χ3n) is 2.00. The van der Waals surface area contributed by atoms with E-state index in [9.17, 15) is 13.2 Å². The van der Waals surface area contributed by atoms with E-state index in [-0.39, 0.29) is 16.5 Å². The van der Waals surface area contributed by atoms with E-state index in [0.717, 1.165) is 6.07 Å². The topological polar surface area (TPSA) is 130 Å². The smallest absolute Gasteiger partial charge is 0.353 e. The van der Waals surface area contributed by atoms with Crippen LogP contribution in [0.2, 0.25) is 0 Å². The highest BCUT2D eigenvalue weighted by Crippen LogP contribution is 2.12. The first-order valence-electron chi connectivity index (χ1n) is 4.68. The SMILES string of the molecule is Cn1cnc(S(=O)(=O)Nc2cc(C(=O)O)[nH]n2)c1. The number of aryl methyl sites for hydroxylation is 1. The minimum absolute atomic E-state index is 0.113. The van der Waals surface area contributed by atoms with Crippen LogP contribution in [-0.2, 0) is 17.1 Å². The van der Waals surface area contributed by atoms with E-state index >= 15 is 0 Å². The first kappa shape index (κ1) is 12.1. The van der Waals surface area contributed by atoms with E-state index in [1.54, 1.807) is 7.05 Å². The fourth-order valence-electron chi connectivity index (χ4n) is 1.20. The van der Waals surface area contributed by atoms with Gasteiger partial charge in [-0.3, -0.25) is 9.82 Å². The molecule has 0 aliphatic rings. The summed E-state index contributed by atoms with van der Waals surface area (Å²) in [6, 6.07) is 1.07. The Bertz CT molecular complexity index is 686. The van der Waals surface area contributed by atoms with Crippen molar-refractivity contribution in [1.82, 2.24) is 19.7 Å². The number of nitrogens with zero attached hydrogens (tertiary/aromatic N) is 3. The number of nitrogens with one attached hydrogen (secondary N) is 2. The monoisotopic (exact) mass is 271 g/mol. The fourth-order valence-corrected chi connectivity index (χ4v) is 2.18. The van der Waals surface area contributed by atoms with Crippen LogP contribution in [0.25, 0.3) is 0 Å². The Morgan fingerprint density at radius 2 is 2.28 bits per heavy atom. The van der Waals surface area contributed by atoms with E-state index < -0.39 is 16.0 Å². The second-order valence-electron chi connectivity index (χ2n) is 3.45. The maximum Gasteiger partial charge on any atom is 0.353 e. The summed E-state index contributed by atoms with van der Waals surface area (Å²) in [6.45, 7) is 0. The third-order valence-corrected chi connectivity index (χ3v) is 3.24. The molecule has 0 bridgehead atoms. The van der Waals surface area contributed by atoms with Crippen molar-refractivity contribution < 1.29 is 18.3 Å². The van der Waals surface area contributed by atoms with E-state index in [4.69, 9.17) is 5.11 Å². The highest BCUT2D eigenvalue weighted by molar-refractivity contribution is 7.92. The molecule has 3 N–H and O–H groups in total. The van der Waals surface area contributed by atoms with Gasteiger partial charge in [0, 0.05) is 19.3 Å². The van der Waals surface area contributed by atoms with Crippen LogP contribution in [0.4, 0.5) is 5.82 Å². The maximum absolute atomic E-state index is 11.8. The lowest BCUT2D eigenvalue weighted by Crippen LogP contribution is -2.13. The van der Waals surface area contributed by atoms with Crippen LogP contribution in [0.5, 0.6) is 0 Å². The summed E-state index contributed by atoms with van der Waals surface area (Å²) in [7, 11) is -2.23. The Kier molecular flexibility index (Phi) is 2.79. The largest absolute Gasteiger partial charge is 0.477 e.